The van der Waals surface area contributed by atoms with E-state index < -0.39 is 0 Å². The van der Waals surface area contributed by atoms with Gasteiger partial charge < -0.3 is 14.4 Å². The first-order valence-corrected chi connectivity index (χ1v) is 7.98. The van der Waals surface area contributed by atoms with Gasteiger partial charge in [0, 0.05) is 13.1 Å². The second-order valence-corrected chi connectivity index (χ2v) is 5.40. The number of esters is 1. The van der Waals surface area contributed by atoms with Crippen molar-refractivity contribution < 1.29 is 19.1 Å². The molecule has 1 aromatic rings. The van der Waals surface area contributed by atoms with Crippen molar-refractivity contribution in [3.63, 3.8) is 0 Å². The fraction of sp³-hybridized carbons (Fsp3) is 0.500. The van der Waals surface area contributed by atoms with Gasteiger partial charge in [-0.3, -0.25) is 9.59 Å². The molecule has 6 nitrogen and oxygen atoms in total. The predicted octanol–water partition coefficient (Wildman–Crippen LogP) is 2.38. The SMILES string of the molecule is CCOC(=O)CCN(CCC#N)C(=O)COc1cc(C)ccc1C. The van der Waals surface area contributed by atoms with Gasteiger partial charge >= 0.3 is 5.97 Å². The van der Waals surface area contributed by atoms with E-state index in [1.54, 1.807) is 6.92 Å². The van der Waals surface area contributed by atoms with Gasteiger partial charge in [0.1, 0.15) is 5.75 Å². The average Bonchev–Trinajstić information content (AvgIpc) is 2.55. The van der Waals surface area contributed by atoms with E-state index in [1.165, 1.54) is 4.90 Å². The number of amides is 1. The van der Waals surface area contributed by atoms with E-state index in [2.05, 4.69) is 0 Å². The van der Waals surface area contributed by atoms with Crippen LogP contribution in [-0.2, 0) is 14.3 Å². The molecule has 0 saturated heterocycles. The maximum atomic E-state index is 12.3. The molecule has 0 aliphatic heterocycles. The highest BCUT2D eigenvalue weighted by molar-refractivity contribution is 5.78. The average molecular weight is 332 g/mol. The van der Waals surface area contributed by atoms with E-state index in [-0.39, 0.29) is 44.4 Å². The number of carbonyl (C=O) groups is 2. The predicted molar refractivity (Wildman–Crippen MR) is 89.5 cm³/mol. The molecule has 0 aromatic heterocycles. The lowest BCUT2D eigenvalue weighted by atomic mass is 10.1. The number of hydrogen-bond donors (Lipinski definition) is 0. The van der Waals surface area contributed by atoms with Crippen LogP contribution >= 0.6 is 0 Å². The number of rotatable bonds is 9. The van der Waals surface area contributed by atoms with Crippen molar-refractivity contribution in [2.75, 3.05) is 26.3 Å². The van der Waals surface area contributed by atoms with Gasteiger partial charge in [0.25, 0.3) is 5.91 Å². The highest BCUT2D eigenvalue weighted by Crippen LogP contribution is 2.19. The Morgan fingerprint density at radius 2 is 2.00 bits per heavy atom. The standard InChI is InChI=1S/C18H24N2O4/c1-4-23-18(22)8-11-20(10-5-9-19)17(21)13-24-16-12-14(2)6-7-15(16)3/h6-7,12H,4-5,8,10-11,13H2,1-3H3. The Kier molecular flexibility index (Phi) is 8.34. The van der Waals surface area contributed by atoms with Crippen LogP contribution in [0.2, 0.25) is 0 Å². The number of aryl methyl sites for hydroxylation is 2. The quantitative estimate of drug-likeness (QED) is 0.649. The van der Waals surface area contributed by atoms with E-state index in [4.69, 9.17) is 14.7 Å². The second-order valence-electron chi connectivity index (χ2n) is 5.40. The lowest BCUT2D eigenvalue weighted by Crippen LogP contribution is -2.37. The number of carbonyl (C=O) groups excluding carboxylic acids is 2. The van der Waals surface area contributed by atoms with Gasteiger partial charge in [-0.25, -0.2) is 0 Å². The van der Waals surface area contributed by atoms with Crippen LogP contribution in [0.25, 0.3) is 0 Å². The van der Waals surface area contributed by atoms with E-state index in [1.807, 2.05) is 38.1 Å². The van der Waals surface area contributed by atoms with Gasteiger partial charge in [0.2, 0.25) is 0 Å². The molecule has 0 atom stereocenters. The van der Waals surface area contributed by atoms with Crippen molar-refractivity contribution in [1.82, 2.24) is 4.90 Å². The molecule has 0 aliphatic carbocycles. The second kappa shape index (κ2) is 10.3. The summed E-state index contributed by atoms with van der Waals surface area (Å²) in [4.78, 5) is 25.2. The summed E-state index contributed by atoms with van der Waals surface area (Å²) >= 11 is 0. The molecule has 0 bridgehead atoms. The van der Waals surface area contributed by atoms with Crippen LogP contribution in [0.4, 0.5) is 0 Å². The Balaban J connectivity index is 2.61. The first-order valence-electron chi connectivity index (χ1n) is 7.98. The third-order valence-electron chi connectivity index (χ3n) is 3.43. The summed E-state index contributed by atoms with van der Waals surface area (Å²) in [7, 11) is 0. The van der Waals surface area contributed by atoms with Crippen molar-refractivity contribution >= 4 is 11.9 Å². The van der Waals surface area contributed by atoms with Crippen molar-refractivity contribution in [2.45, 2.75) is 33.6 Å². The van der Waals surface area contributed by atoms with Gasteiger partial charge in [0.05, 0.1) is 25.5 Å². The summed E-state index contributed by atoms with van der Waals surface area (Å²) in [5.74, 6) is 0.0483. The Bertz CT molecular complexity index is 608. The highest BCUT2D eigenvalue weighted by atomic mass is 16.5. The number of hydrogen-bond acceptors (Lipinski definition) is 5. The summed E-state index contributed by atoms with van der Waals surface area (Å²) < 4.78 is 10.5. The molecule has 0 aliphatic rings. The Morgan fingerprint density at radius 3 is 2.67 bits per heavy atom. The van der Waals surface area contributed by atoms with Gasteiger partial charge in [-0.05, 0) is 38.0 Å². The van der Waals surface area contributed by atoms with Crippen LogP contribution in [0.3, 0.4) is 0 Å². The Hall–Kier alpha value is -2.55. The monoisotopic (exact) mass is 332 g/mol. The molecule has 0 unspecified atom stereocenters. The van der Waals surface area contributed by atoms with Crippen LogP contribution < -0.4 is 4.74 Å². The van der Waals surface area contributed by atoms with Crippen LogP contribution in [0.5, 0.6) is 5.75 Å². The molecule has 130 valence electrons. The number of nitriles is 1. The zero-order valence-corrected chi connectivity index (χ0v) is 14.5. The third kappa shape index (κ3) is 6.69. The number of ether oxygens (including phenoxy) is 2. The minimum Gasteiger partial charge on any atom is -0.483 e. The molecule has 1 amide bonds. The van der Waals surface area contributed by atoms with Crippen LogP contribution in [0, 0.1) is 25.2 Å². The fourth-order valence-electron chi connectivity index (χ4n) is 2.10. The van der Waals surface area contributed by atoms with Crippen molar-refractivity contribution in [1.29, 1.82) is 5.26 Å². The minimum atomic E-state index is -0.359. The molecule has 0 spiro atoms. The lowest BCUT2D eigenvalue weighted by Gasteiger charge is -2.21. The van der Waals surface area contributed by atoms with Crippen molar-refractivity contribution in [2.24, 2.45) is 0 Å². The summed E-state index contributed by atoms with van der Waals surface area (Å²) in [6.45, 7) is 6.26. The molecule has 24 heavy (non-hydrogen) atoms. The normalized spacial score (nSPS) is 9.92. The lowest BCUT2D eigenvalue weighted by molar-refractivity contribution is -0.144. The highest BCUT2D eigenvalue weighted by Gasteiger charge is 2.16. The Morgan fingerprint density at radius 1 is 1.25 bits per heavy atom. The van der Waals surface area contributed by atoms with E-state index in [9.17, 15) is 9.59 Å². The number of benzene rings is 1. The molecule has 0 heterocycles. The number of nitrogens with zero attached hydrogens (tertiary/aromatic N) is 2. The zero-order valence-electron chi connectivity index (χ0n) is 14.5. The maximum absolute atomic E-state index is 12.3. The molecule has 0 radical (unpaired) electrons. The molecule has 1 aromatic carbocycles. The maximum Gasteiger partial charge on any atom is 0.307 e. The summed E-state index contributed by atoms with van der Waals surface area (Å²) in [5, 5.41) is 8.72. The first kappa shape index (κ1) is 19.5. The molecular formula is C18H24N2O4. The van der Waals surface area contributed by atoms with Crippen LogP contribution in [0.1, 0.15) is 30.9 Å². The van der Waals surface area contributed by atoms with Gasteiger partial charge in [0.15, 0.2) is 6.61 Å². The smallest absolute Gasteiger partial charge is 0.307 e. The largest absolute Gasteiger partial charge is 0.483 e. The van der Waals surface area contributed by atoms with E-state index >= 15 is 0 Å². The topological polar surface area (TPSA) is 79.6 Å². The van der Waals surface area contributed by atoms with E-state index in [0.29, 0.717) is 12.4 Å². The van der Waals surface area contributed by atoms with Crippen LogP contribution in [-0.4, -0.2) is 43.1 Å². The summed E-state index contributed by atoms with van der Waals surface area (Å²) in [6, 6.07) is 7.79. The van der Waals surface area contributed by atoms with Crippen molar-refractivity contribution in [3.05, 3.63) is 29.3 Å². The molecular weight excluding hydrogens is 308 g/mol. The zero-order chi connectivity index (χ0) is 17.9. The molecule has 0 saturated carbocycles. The van der Waals surface area contributed by atoms with Gasteiger partial charge in [-0.15, -0.1) is 0 Å². The minimum absolute atomic E-state index is 0.106. The fourth-order valence-corrected chi connectivity index (χ4v) is 2.10. The van der Waals surface area contributed by atoms with E-state index in [0.717, 1.165) is 11.1 Å². The van der Waals surface area contributed by atoms with Crippen LogP contribution in [0.15, 0.2) is 18.2 Å². The Labute approximate surface area is 143 Å². The van der Waals surface area contributed by atoms with Crippen molar-refractivity contribution in [3.8, 4) is 11.8 Å². The van der Waals surface area contributed by atoms with Gasteiger partial charge in [-0.1, -0.05) is 12.1 Å². The third-order valence-corrected chi connectivity index (χ3v) is 3.43. The summed E-state index contributed by atoms with van der Waals surface area (Å²) in [5.41, 5.74) is 2.00. The summed E-state index contributed by atoms with van der Waals surface area (Å²) in [6.07, 6.45) is 0.312. The molecule has 1 rings (SSSR count). The first-order chi connectivity index (χ1) is 11.5. The molecule has 0 fully saturated rings. The molecule has 0 N–H and O–H groups in total. The molecule has 6 heteroatoms. The van der Waals surface area contributed by atoms with Gasteiger partial charge in [-0.2, -0.15) is 5.26 Å².